The summed E-state index contributed by atoms with van der Waals surface area (Å²) in [5.74, 6) is -1.69. The number of fused-ring (bicyclic) bond motifs is 2. The summed E-state index contributed by atoms with van der Waals surface area (Å²) < 4.78 is -1.58. The Morgan fingerprint density at radius 1 is 0.952 bits per heavy atom. The lowest BCUT2D eigenvalue weighted by Crippen LogP contribution is -2.60. The molecular weight excluding hydrogens is 546 g/mol. The monoisotopic (exact) mass is 593 g/mol. The van der Waals surface area contributed by atoms with Gasteiger partial charge in [0, 0.05) is 29.9 Å². The van der Waals surface area contributed by atoms with Crippen LogP contribution in [0, 0.1) is 17.3 Å². The first kappa shape index (κ1) is 30.9. The molecule has 42 heavy (non-hydrogen) atoms. The lowest BCUT2D eigenvalue weighted by molar-refractivity contribution is -0.149. The summed E-state index contributed by atoms with van der Waals surface area (Å²) in [6.45, 7) is 15.9. The molecule has 0 bridgehead atoms. The molecule has 1 aromatic carbocycles. The van der Waals surface area contributed by atoms with Gasteiger partial charge in [0.15, 0.2) is 0 Å². The minimum Gasteiger partial charge on any atom is -0.394 e. The number of aliphatic hydroxyl groups is 1. The van der Waals surface area contributed by atoms with Gasteiger partial charge >= 0.3 is 0 Å². The number of hydrogen-bond acceptors (Lipinski definition) is 5. The lowest BCUT2D eigenvalue weighted by atomic mass is 9.74. The van der Waals surface area contributed by atoms with Crippen molar-refractivity contribution in [3.05, 3.63) is 60.2 Å². The highest BCUT2D eigenvalue weighted by Crippen LogP contribution is 2.66. The Labute approximate surface area is 255 Å². The maximum absolute atomic E-state index is 14.8. The van der Waals surface area contributed by atoms with E-state index in [1.165, 1.54) is 0 Å². The fraction of sp³-hybridized carbons (Fsp3) is 0.618. The Morgan fingerprint density at radius 3 is 2.24 bits per heavy atom. The fourth-order valence-electron chi connectivity index (χ4n) is 8.20. The minimum absolute atomic E-state index is 0.00946. The zero-order valence-electron chi connectivity index (χ0n) is 26.2. The van der Waals surface area contributed by atoms with E-state index in [0.717, 1.165) is 12.0 Å². The maximum atomic E-state index is 14.8. The number of benzene rings is 1. The first-order valence-electron chi connectivity index (χ1n) is 15.3. The van der Waals surface area contributed by atoms with E-state index in [-0.39, 0.29) is 29.7 Å². The van der Waals surface area contributed by atoms with E-state index in [1.807, 2.05) is 59.2 Å². The van der Waals surface area contributed by atoms with Gasteiger partial charge in [-0.05, 0) is 44.6 Å². The van der Waals surface area contributed by atoms with E-state index < -0.39 is 39.0 Å². The summed E-state index contributed by atoms with van der Waals surface area (Å²) in [7, 11) is 0. The molecule has 4 heterocycles. The van der Waals surface area contributed by atoms with Crippen LogP contribution in [-0.2, 0) is 20.9 Å². The number of carbonyl (C=O) groups is 3. The Bertz CT molecular complexity index is 1280. The average Bonchev–Trinajstić information content (AvgIpc) is 3.17. The third-order valence-electron chi connectivity index (χ3n) is 9.56. The summed E-state index contributed by atoms with van der Waals surface area (Å²) in [6, 6.07) is 8.61. The van der Waals surface area contributed by atoms with Crippen LogP contribution in [0.4, 0.5) is 0 Å². The molecular formula is C34H47N3O4S. The number of thioether (sulfide) groups is 1. The molecule has 2 saturated heterocycles. The van der Waals surface area contributed by atoms with Gasteiger partial charge in [0.1, 0.15) is 6.04 Å². The van der Waals surface area contributed by atoms with Gasteiger partial charge in [-0.1, -0.05) is 82.3 Å². The molecule has 0 aromatic heterocycles. The van der Waals surface area contributed by atoms with Crippen molar-refractivity contribution in [3.8, 4) is 0 Å². The largest absolute Gasteiger partial charge is 0.394 e. The third kappa shape index (κ3) is 5.02. The molecule has 0 radical (unpaired) electrons. The number of aliphatic hydroxyl groups excluding tert-OH is 1. The van der Waals surface area contributed by atoms with Crippen molar-refractivity contribution < 1.29 is 19.5 Å². The van der Waals surface area contributed by atoms with Crippen molar-refractivity contribution in [2.24, 2.45) is 17.3 Å². The van der Waals surface area contributed by atoms with Crippen LogP contribution in [0.5, 0.6) is 0 Å². The average molecular weight is 594 g/mol. The van der Waals surface area contributed by atoms with Gasteiger partial charge in [0.25, 0.3) is 0 Å². The summed E-state index contributed by atoms with van der Waals surface area (Å²) in [4.78, 5) is 49.4. The normalized spacial score (nSPS) is 32.0. The zero-order valence-corrected chi connectivity index (χ0v) is 27.0. The molecule has 4 aliphatic heterocycles. The van der Waals surface area contributed by atoms with Gasteiger partial charge in [0.2, 0.25) is 17.7 Å². The van der Waals surface area contributed by atoms with Crippen molar-refractivity contribution >= 4 is 29.5 Å². The molecule has 0 aliphatic carbocycles. The van der Waals surface area contributed by atoms with Gasteiger partial charge in [-0.2, -0.15) is 0 Å². The second-order valence-electron chi connectivity index (χ2n) is 14.5. The van der Waals surface area contributed by atoms with Crippen LogP contribution >= 0.6 is 11.8 Å². The molecule has 228 valence electrons. The molecule has 1 unspecified atom stereocenters. The molecule has 7 nitrogen and oxygen atoms in total. The van der Waals surface area contributed by atoms with E-state index >= 15 is 0 Å². The van der Waals surface area contributed by atoms with E-state index in [9.17, 15) is 19.5 Å². The van der Waals surface area contributed by atoms with Crippen molar-refractivity contribution in [1.82, 2.24) is 14.7 Å². The Hall–Kier alpha value is -2.58. The zero-order chi connectivity index (χ0) is 30.7. The van der Waals surface area contributed by atoms with Crippen molar-refractivity contribution in [2.75, 3.05) is 19.7 Å². The van der Waals surface area contributed by atoms with E-state index in [4.69, 9.17) is 0 Å². The van der Waals surface area contributed by atoms with Crippen LogP contribution in [0.1, 0.15) is 66.9 Å². The van der Waals surface area contributed by atoms with Gasteiger partial charge in [0.05, 0.1) is 29.2 Å². The standard InChI is InChI=1S/C34H47N3O4S/c1-8-24(21-38)37-27-30(41)36(32(5,6)22-31(2,3)4)19-13-17-34(27)26(29(37)40)25-28(39)35(18-12-16-33(25,7)42-34)20-23-14-10-9-11-15-23/h9-17,24-27,38H,8,18-22H2,1-7H3/t24-,25+,26-,27?,33-,34-/m0/s1. The van der Waals surface area contributed by atoms with Crippen LogP contribution in [0.15, 0.2) is 54.6 Å². The molecule has 0 saturated carbocycles. The minimum atomic E-state index is -0.918. The van der Waals surface area contributed by atoms with Crippen molar-refractivity contribution in [1.29, 1.82) is 0 Å². The van der Waals surface area contributed by atoms with Gasteiger partial charge in [-0.15, -0.1) is 11.8 Å². The summed E-state index contributed by atoms with van der Waals surface area (Å²) in [5, 5.41) is 10.4. The van der Waals surface area contributed by atoms with E-state index in [2.05, 4.69) is 53.7 Å². The second-order valence-corrected chi connectivity index (χ2v) is 16.3. The van der Waals surface area contributed by atoms with Crippen LogP contribution < -0.4 is 0 Å². The van der Waals surface area contributed by atoms with E-state index in [1.54, 1.807) is 16.7 Å². The number of hydrogen-bond donors (Lipinski definition) is 1. The van der Waals surface area contributed by atoms with Crippen LogP contribution in [0.25, 0.3) is 0 Å². The summed E-state index contributed by atoms with van der Waals surface area (Å²) >= 11 is 1.60. The van der Waals surface area contributed by atoms with E-state index in [0.29, 0.717) is 26.1 Å². The molecule has 4 aliphatic rings. The van der Waals surface area contributed by atoms with Gasteiger partial charge in [-0.3, -0.25) is 14.4 Å². The van der Waals surface area contributed by atoms with Gasteiger partial charge in [-0.25, -0.2) is 0 Å². The quantitative estimate of drug-likeness (QED) is 0.466. The van der Waals surface area contributed by atoms with Crippen LogP contribution in [0.3, 0.4) is 0 Å². The summed E-state index contributed by atoms with van der Waals surface area (Å²) in [6.07, 6.45) is 9.57. The first-order valence-corrected chi connectivity index (χ1v) is 16.1. The van der Waals surface area contributed by atoms with Crippen LogP contribution in [-0.4, -0.2) is 84.3 Å². The molecule has 2 fully saturated rings. The Balaban J connectivity index is 1.61. The third-order valence-corrected chi connectivity index (χ3v) is 11.4. The fourth-order valence-corrected chi connectivity index (χ4v) is 10.3. The molecule has 6 atom stereocenters. The molecule has 8 heteroatoms. The highest BCUT2D eigenvalue weighted by atomic mass is 32.2. The Morgan fingerprint density at radius 2 is 1.62 bits per heavy atom. The van der Waals surface area contributed by atoms with Crippen molar-refractivity contribution in [3.63, 3.8) is 0 Å². The van der Waals surface area contributed by atoms with Crippen LogP contribution in [0.2, 0.25) is 0 Å². The number of amides is 3. The number of carbonyl (C=O) groups excluding carboxylic acids is 3. The molecule has 1 aromatic rings. The Kier molecular flexibility index (Phi) is 7.97. The topological polar surface area (TPSA) is 81.2 Å². The predicted octanol–water partition coefficient (Wildman–Crippen LogP) is 4.66. The highest BCUT2D eigenvalue weighted by molar-refractivity contribution is 8.02. The number of likely N-dealkylation sites (tertiary alicyclic amines) is 1. The SMILES string of the molecule is CC[C@@H](CO)N1C(=O)[C@@H]2[C@@H]3C(=O)N(Cc4ccccc4)CC=C[C@]3(C)S[C@@]23C=CCN(C(C)(C)CC(C)(C)C)C(=O)C13. The highest BCUT2D eigenvalue weighted by Gasteiger charge is 2.74. The summed E-state index contributed by atoms with van der Waals surface area (Å²) in [5.41, 5.74) is 0.566. The molecule has 1 N–H and O–H groups in total. The maximum Gasteiger partial charge on any atom is 0.247 e. The predicted molar refractivity (Wildman–Crippen MR) is 168 cm³/mol. The van der Waals surface area contributed by atoms with Gasteiger partial charge < -0.3 is 19.8 Å². The first-order chi connectivity index (χ1) is 19.7. The molecule has 3 amide bonds. The second kappa shape index (κ2) is 10.8. The van der Waals surface area contributed by atoms with Crippen molar-refractivity contribution in [2.45, 2.75) is 95.0 Å². The number of rotatable bonds is 7. The smallest absolute Gasteiger partial charge is 0.247 e. The lowest BCUT2D eigenvalue weighted by Gasteiger charge is -2.45. The molecule has 5 rings (SSSR count). The number of nitrogens with zero attached hydrogens (tertiary/aromatic N) is 3. The molecule has 1 spiro atoms.